The van der Waals surface area contributed by atoms with Crippen molar-refractivity contribution in [3.63, 3.8) is 0 Å². The van der Waals surface area contributed by atoms with Crippen LogP contribution in [0.5, 0.6) is 0 Å². The summed E-state index contributed by atoms with van der Waals surface area (Å²) in [5.41, 5.74) is 6.00. The van der Waals surface area contributed by atoms with Crippen molar-refractivity contribution < 1.29 is 12.8 Å². The van der Waals surface area contributed by atoms with E-state index in [0.717, 1.165) is 19.3 Å². The maximum atomic E-state index is 14.0. The first-order valence-corrected chi connectivity index (χ1v) is 7.95. The molecule has 4 nitrogen and oxygen atoms in total. The summed E-state index contributed by atoms with van der Waals surface area (Å²) >= 11 is 0. The van der Waals surface area contributed by atoms with Gasteiger partial charge < -0.3 is 5.73 Å². The minimum atomic E-state index is -3.74. The number of nitrogens with two attached hydrogens (primary N) is 1. The standard InChI is InChI=1S/C13H19FN2O2S/c1-2-11-4-3-7-16(11)19(17,18)13-6-5-10(9-15)8-12(13)14/h5-6,8,11H,2-4,7,9,15H2,1H3. The first-order valence-electron chi connectivity index (χ1n) is 6.51. The van der Waals surface area contributed by atoms with E-state index >= 15 is 0 Å². The number of nitrogens with zero attached hydrogens (tertiary/aromatic N) is 1. The molecule has 1 heterocycles. The normalized spacial score (nSPS) is 20.9. The highest BCUT2D eigenvalue weighted by Crippen LogP contribution is 2.29. The predicted molar refractivity (Wildman–Crippen MR) is 71.5 cm³/mol. The summed E-state index contributed by atoms with van der Waals surface area (Å²) in [5.74, 6) is -0.718. The van der Waals surface area contributed by atoms with E-state index in [0.29, 0.717) is 12.1 Å². The minimum absolute atomic E-state index is 0.0152. The zero-order chi connectivity index (χ0) is 14.0. The molecule has 0 radical (unpaired) electrons. The third-order valence-corrected chi connectivity index (χ3v) is 5.60. The maximum absolute atomic E-state index is 14.0. The highest BCUT2D eigenvalue weighted by Gasteiger charge is 2.35. The number of rotatable bonds is 4. The first-order chi connectivity index (χ1) is 9.00. The van der Waals surface area contributed by atoms with Gasteiger partial charge in [-0.1, -0.05) is 13.0 Å². The predicted octanol–water partition coefficient (Wildman–Crippen LogP) is 1.85. The molecule has 1 aliphatic heterocycles. The van der Waals surface area contributed by atoms with Crippen molar-refractivity contribution in [1.82, 2.24) is 4.31 Å². The number of benzene rings is 1. The topological polar surface area (TPSA) is 63.4 Å². The third kappa shape index (κ3) is 2.66. The van der Waals surface area contributed by atoms with E-state index in [1.165, 1.54) is 16.4 Å². The van der Waals surface area contributed by atoms with Crippen LogP contribution in [0.3, 0.4) is 0 Å². The van der Waals surface area contributed by atoms with Crippen LogP contribution in [0.2, 0.25) is 0 Å². The molecule has 6 heteroatoms. The van der Waals surface area contributed by atoms with Gasteiger partial charge in [0, 0.05) is 19.1 Å². The second-order valence-corrected chi connectivity index (χ2v) is 6.65. The number of sulfonamides is 1. The van der Waals surface area contributed by atoms with E-state index in [2.05, 4.69) is 0 Å². The molecule has 0 aromatic heterocycles. The molecule has 0 spiro atoms. The van der Waals surface area contributed by atoms with E-state index < -0.39 is 15.8 Å². The van der Waals surface area contributed by atoms with Gasteiger partial charge in [-0.05, 0) is 37.0 Å². The Bertz CT molecular complexity index is 560. The second-order valence-electron chi connectivity index (χ2n) is 4.79. The second kappa shape index (κ2) is 5.56. The molecule has 1 atom stereocenters. The molecular formula is C13H19FN2O2S. The lowest BCUT2D eigenvalue weighted by atomic mass is 10.2. The Labute approximate surface area is 113 Å². The molecule has 1 fully saturated rings. The molecule has 2 N–H and O–H groups in total. The maximum Gasteiger partial charge on any atom is 0.246 e. The number of hydrogen-bond acceptors (Lipinski definition) is 3. The quantitative estimate of drug-likeness (QED) is 0.918. The SMILES string of the molecule is CCC1CCCN1S(=O)(=O)c1ccc(CN)cc1F. The van der Waals surface area contributed by atoms with Gasteiger partial charge in [-0.25, -0.2) is 12.8 Å². The van der Waals surface area contributed by atoms with Crippen LogP contribution in [0.25, 0.3) is 0 Å². The van der Waals surface area contributed by atoms with E-state index in [4.69, 9.17) is 5.73 Å². The van der Waals surface area contributed by atoms with Crippen molar-refractivity contribution in [3.05, 3.63) is 29.6 Å². The van der Waals surface area contributed by atoms with Crippen LogP contribution in [0.1, 0.15) is 31.7 Å². The highest BCUT2D eigenvalue weighted by molar-refractivity contribution is 7.89. The Morgan fingerprint density at radius 1 is 1.47 bits per heavy atom. The van der Waals surface area contributed by atoms with Gasteiger partial charge in [-0.15, -0.1) is 0 Å². The summed E-state index contributed by atoms with van der Waals surface area (Å²) in [6.45, 7) is 2.61. The van der Waals surface area contributed by atoms with E-state index in [1.54, 1.807) is 6.07 Å². The zero-order valence-corrected chi connectivity index (χ0v) is 11.8. The lowest BCUT2D eigenvalue weighted by molar-refractivity contribution is 0.377. The highest BCUT2D eigenvalue weighted by atomic mass is 32.2. The van der Waals surface area contributed by atoms with Gasteiger partial charge in [0.05, 0.1) is 0 Å². The van der Waals surface area contributed by atoms with E-state index in [-0.39, 0.29) is 17.5 Å². The summed E-state index contributed by atoms with van der Waals surface area (Å²) in [5, 5.41) is 0. The lowest BCUT2D eigenvalue weighted by Gasteiger charge is -2.23. The van der Waals surface area contributed by atoms with Gasteiger partial charge in [0.15, 0.2) is 0 Å². The Morgan fingerprint density at radius 3 is 2.79 bits per heavy atom. The van der Waals surface area contributed by atoms with Crippen LogP contribution >= 0.6 is 0 Å². The van der Waals surface area contributed by atoms with Crippen LogP contribution in [0.4, 0.5) is 4.39 Å². The van der Waals surface area contributed by atoms with Gasteiger partial charge in [-0.3, -0.25) is 0 Å². The van der Waals surface area contributed by atoms with Gasteiger partial charge in [0.25, 0.3) is 0 Å². The van der Waals surface area contributed by atoms with Gasteiger partial charge in [0.1, 0.15) is 10.7 Å². The Hall–Kier alpha value is -0.980. The monoisotopic (exact) mass is 286 g/mol. The molecule has 0 bridgehead atoms. The largest absolute Gasteiger partial charge is 0.326 e. The van der Waals surface area contributed by atoms with E-state index in [9.17, 15) is 12.8 Å². The van der Waals surface area contributed by atoms with Crippen molar-refractivity contribution in [3.8, 4) is 0 Å². The zero-order valence-electron chi connectivity index (χ0n) is 11.0. The fourth-order valence-electron chi connectivity index (χ4n) is 2.54. The Kier molecular flexibility index (Phi) is 4.23. The molecule has 106 valence electrons. The summed E-state index contributed by atoms with van der Waals surface area (Å²) in [6.07, 6.45) is 2.43. The summed E-state index contributed by atoms with van der Waals surface area (Å²) in [6, 6.07) is 4.06. The molecule has 1 aromatic rings. The average molecular weight is 286 g/mol. The van der Waals surface area contributed by atoms with Crippen LogP contribution in [0, 0.1) is 5.82 Å². The molecule has 1 saturated heterocycles. The summed E-state index contributed by atoms with van der Waals surface area (Å²) in [7, 11) is -3.74. The molecule has 19 heavy (non-hydrogen) atoms. The Balaban J connectivity index is 2.39. The van der Waals surface area contributed by atoms with Crippen molar-refractivity contribution >= 4 is 10.0 Å². The van der Waals surface area contributed by atoms with Crippen LogP contribution in [0.15, 0.2) is 23.1 Å². The van der Waals surface area contributed by atoms with Crippen molar-refractivity contribution in [1.29, 1.82) is 0 Å². The van der Waals surface area contributed by atoms with Gasteiger partial charge in [-0.2, -0.15) is 4.31 Å². The lowest BCUT2D eigenvalue weighted by Crippen LogP contribution is -2.35. The number of hydrogen-bond donors (Lipinski definition) is 1. The van der Waals surface area contributed by atoms with Gasteiger partial charge >= 0.3 is 0 Å². The fourth-order valence-corrected chi connectivity index (χ4v) is 4.35. The summed E-state index contributed by atoms with van der Waals surface area (Å²) < 4.78 is 40.3. The van der Waals surface area contributed by atoms with Crippen molar-refractivity contribution in [2.24, 2.45) is 5.73 Å². The molecule has 0 saturated carbocycles. The van der Waals surface area contributed by atoms with Crippen molar-refractivity contribution in [2.75, 3.05) is 6.54 Å². The minimum Gasteiger partial charge on any atom is -0.326 e. The summed E-state index contributed by atoms with van der Waals surface area (Å²) in [4.78, 5) is -0.245. The molecule has 0 aliphatic carbocycles. The van der Waals surface area contributed by atoms with E-state index in [1.807, 2.05) is 6.92 Å². The van der Waals surface area contributed by atoms with Crippen LogP contribution < -0.4 is 5.73 Å². The Morgan fingerprint density at radius 2 is 2.21 bits per heavy atom. The molecular weight excluding hydrogens is 267 g/mol. The third-order valence-electron chi connectivity index (χ3n) is 3.61. The average Bonchev–Trinajstić information content (AvgIpc) is 2.87. The fraction of sp³-hybridized carbons (Fsp3) is 0.538. The van der Waals surface area contributed by atoms with Crippen LogP contribution in [-0.4, -0.2) is 25.3 Å². The number of halogens is 1. The first kappa shape index (κ1) is 14.4. The van der Waals surface area contributed by atoms with Crippen molar-refractivity contribution in [2.45, 2.75) is 43.7 Å². The smallest absolute Gasteiger partial charge is 0.246 e. The molecule has 0 amide bonds. The molecule has 1 aliphatic rings. The van der Waals surface area contributed by atoms with Gasteiger partial charge in [0.2, 0.25) is 10.0 Å². The van der Waals surface area contributed by atoms with Crippen LogP contribution in [-0.2, 0) is 16.6 Å². The molecule has 2 rings (SSSR count). The molecule has 1 aromatic carbocycles. The molecule has 1 unspecified atom stereocenters.